The number of nitrogens with one attached hydrogen (secondary N) is 2. The van der Waals surface area contributed by atoms with Gasteiger partial charge in [-0.1, -0.05) is 17.7 Å². The van der Waals surface area contributed by atoms with Crippen LogP contribution >= 0.6 is 11.6 Å². The summed E-state index contributed by atoms with van der Waals surface area (Å²) < 4.78 is 13.2. The molecule has 0 amide bonds. The number of aromatic nitrogens is 1. The molecule has 4 nitrogen and oxygen atoms in total. The number of hydrogen-bond donors (Lipinski definition) is 2. The van der Waals surface area contributed by atoms with Crippen molar-refractivity contribution in [2.75, 3.05) is 24.3 Å². The van der Waals surface area contributed by atoms with E-state index in [0.717, 1.165) is 37.1 Å². The summed E-state index contributed by atoms with van der Waals surface area (Å²) in [6.07, 6.45) is 6.36. The minimum Gasteiger partial charge on any atom is -0.377 e. The molecule has 0 saturated heterocycles. The van der Waals surface area contributed by atoms with Gasteiger partial charge in [0.05, 0.1) is 5.02 Å². The van der Waals surface area contributed by atoms with Crippen molar-refractivity contribution in [1.29, 1.82) is 0 Å². The monoisotopic (exact) mass is 390 g/mol. The van der Waals surface area contributed by atoms with Crippen molar-refractivity contribution in [2.24, 2.45) is 0 Å². The van der Waals surface area contributed by atoms with Gasteiger partial charge >= 0.3 is 0 Å². The molecule has 0 atom stereocenters. The topological polar surface area (TPSA) is 40.2 Å². The van der Waals surface area contributed by atoms with Crippen molar-refractivity contribution < 1.29 is 4.39 Å². The molecule has 3 rings (SSSR count). The summed E-state index contributed by atoms with van der Waals surface area (Å²) in [4.78, 5) is 6.65. The van der Waals surface area contributed by atoms with Crippen LogP contribution in [0, 0.1) is 12.7 Å². The Morgan fingerprint density at radius 2 is 1.85 bits per heavy atom. The molecule has 1 saturated carbocycles. The van der Waals surface area contributed by atoms with E-state index in [1.165, 1.54) is 17.3 Å². The third-order valence-electron chi connectivity index (χ3n) is 5.21. The fraction of sp³-hybridized carbons (Fsp3) is 0.476. The second-order valence-electron chi connectivity index (χ2n) is 7.57. The van der Waals surface area contributed by atoms with Crippen LogP contribution in [0.2, 0.25) is 5.02 Å². The SMILES string of the molecule is Cc1cnc(NC2CCC(NCc3ccc(F)c(Cl)c3)CC2)cc1N(C)C. The van der Waals surface area contributed by atoms with Crippen LogP contribution in [0.5, 0.6) is 0 Å². The number of aryl methyl sites for hydroxylation is 1. The zero-order chi connectivity index (χ0) is 19.4. The van der Waals surface area contributed by atoms with Crippen LogP contribution in [0.15, 0.2) is 30.5 Å². The van der Waals surface area contributed by atoms with Gasteiger partial charge in [-0.2, -0.15) is 0 Å². The number of hydrogen-bond acceptors (Lipinski definition) is 4. The Bertz CT molecular complexity index is 773. The highest BCUT2D eigenvalue weighted by atomic mass is 35.5. The second-order valence-corrected chi connectivity index (χ2v) is 7.98. The van der Waals surface area contributed by atoms with Gasteiger partial charge in [-0.05, 0) is 55.9 Å². The van der Waals surface area contributed by atoms with Crippen molar-refractivity contribution in [3.05, 3.63) is 52.4 Å². The Labute approximate surface area is 166 Å². The van der Waals surface area contributed by atoms with Crippen molar-refractivity contribution in [3.63, 3.8) is 0 Å². The minimum atomic E-state index is -0.367. The standard InChI is InChI=1S/C21H28ClFN4/c1-14-12-25-21(11-20(14)27(2)3)26-17-7-5-16(6-8-17)24-13-15-4-9-19(23)18(22)10-15/h4,9-12,16-17,24H,5-8,13H2,1-3H3,(H,25,26). The number of anilines is 2. The van der Waals surface area contributed by atoms with Crippen LogP contribution in [0.3, 0.4) is 0 Å². The molecule has 1 aromatic heterocycles. The first-order valence-corrected chi connectivity index (χ1v) is 9.88. The van der Waals surface area contributed by atoms with Crippen LogP contribution in [-0.4, -0.2) is 31.2 Å². The highest BCUT2D eigenvalue weighted by Crippen LogP contribution is 2.25. The Kier molecular flexibility index (Phi) is 6.55. The van der Waals surface area contributed by atoms with Crippen LogP contribution < -0.4 is 15.5 Å². The van der Waals surface area contributed by atoms with Crippen molar-refractivity contribution >= 4 is 23.1 Å². The molecule has 0 spiro atoms. The lowest BCUT2D eigenvalue weighted by atomic mass is 9.91. The third-order valence-corrected chi connectivity index (χ3v) is 5.50. The summed E-state index contributed by atoms with van der Waals surface area (Å²) in [6.45, 7) is 2.80. The van der Waals surface area contributed by atoms with Crippen molar-refractivity contribution in [3.8, 4) is 0 Å². The largest absolute Gasteiger partial charge is 0.377 e. The van der Waals surface area contributed by atoms with Gasteiger partial charge in [0.15, 0.2) is 0 Å². The molecule has 1 aliphatic rings. The van der Waals surface area contributed by atoms with Crippen LogP contribution in [-0.2, 0) is 6.54 Å². The fourth-order valence-electron chi connectivity index (χ4n) is 3.64. The van der Waals surface area contributed by atoms with Gasteiger partial charge < -0.3 is 15.5 Å². The van der Waals surface area contributed by atoms with E-state index < -0.39 is 0 Å². The predicted molar refractivity (Wildman–Crippen MR) is 111 cm³/mol. The van der Waals surface area contributed by atoms with Gasteiger partial charge in [0.2, 0.25) is 0 Å². The van der Waals surface area contributed by atoms with E-state index in [1.54, 1.807) is 12.1 Å². The first-order valence-electron chi connectivity index (χ1n) is 9.50. The molecule has 2 aromatic rings. The van der Waals surface area contributed by atoms with Crippen LogP contribution in [0.25, 0.3) is 0 Å². The van der Waals surface area contributed by atoms with E-state index in [9.17, 15) is 4.39 Å². The Hall–Kier alpha value is -1.85. The summed E-state index contributed by atoms with van der Waals surface area (Å²) in [5.41, 5.74) is 3.39. The number of halogens is 2. The summed E-state index contributed by atoms with van der Waals surface area (Å²) in [5, 5.41) is 7.34. The average Bonchev–Trinajstić information content (AvgIpc) is 2.65. The van der Waals surface area contributed by atoms with E-state index >= 15 is 0 Å². The van der Waals surface area contributed by atoms with Crippen LogP contribution in [0.4, 0.5) is 15.9 Å². The first-order chi connectivity index (χ1) is 12.9. The quantitative estimate of drug-likeness (QED) is 0.745. The van der Waals surface area contributed by atoms with Crippen LogP contribution in [0.1, 0.15) is 36.8 Å². The number of nitrogens with zero attached hydrogens (tertiary/aromatic N) is 2. The molecule has 2 N–H and O–H groups in total. The number of rotatable bonds is 6. The van der Waals surface area contributed by atoms with Crippen molar-refractivity contribution in [2.45, 2.75) is 51.2 Å². The third kappa shape index (κ3) is 5.33. The summed E-state index contributed by atoms with van der Waals surface area (Å²) in [5.74, 6) is 0.579. The lowest BCUT2D eigenvalue weighted by Gasteiger charge is -2.30. The van der Waals surface area contributed by atoms with Gasteiger partial charge in [0, 0.05) is 50.7 Å². The highest BCUT2D eigenvalue weighted by Gasteiger charge is 2.21. The lowest BCUT2D eigenvalue weighted by molar-refractivity contribution is 0.352. The molecule has 6 heteroatoms. The van der Waals surface area contributed by atoms with Gasteiger partial charge in [-0.25, -0.2) is 9.37 Å². The number of pyridine rings is 1. The minimum absolute atomic E-state index is 0.185. The molecule has 1 fully saturated rings. The molecular weight excluding hydrogens is 363 g/mol. The summed E-state index contributed by atoms with van der Waals surface area (Å²) in [7, 11) is 4.11. The first kappa shape index (κ1) is 19.9. The predicted octanol–water partition coefficient (Wildman–Crippen LogP) is 4.76. The van der Waals surface area contributed by atoms with Gasteiger partial charge in [-0.15, -0.1) is 0 Å². The lowest BCUT2D eigenvalue weighted by Crippen LogP contribution is -2.36. The molecule has 146 valence electrons. The van der Waals surface area contributed by atoms with E-state index in [4.69, 9.17) is 11.6 Å². The summed E-state index contributed by atoms with van der Waals surface area (Å²) in [6, 6.07) is 7.97. The van der Waals surface area contributed by atoms with Crippen molar-refractivity contribution in [1.82, 2.24) is 10.3 Å². The molecule has 1 aromatic carbocycles. The molecule has 0 unspecified atom stereocenters. The maximum atomic E-state index is 13.2. The maximum absolute atomic E-state index is 13.2. The summed E-state index contributed by atoms with van der Waals surface area (Å²) >= 11 is 5.85. The maximum Gasteiger partial charge on any atom is 0.141 e. The molecule has 1 heterocycles. The number of benzene rings is 1. The molecule has 0 bridgehead atoms. The second kappa shape index (κ2) is 8.89. The van der Waals surface area contributed by atoms with E-state index in [2.05, 4.69) is 47.6 Å². The molecule has 0 radical (unpaired) electrons. The van der Waals surface area contributed by atoms with Gasteiger partial charge in [0.25, 0.3) is 0 Å². The normalized spacial score (nSPS) is 19.7. The van der Waals surface area contributed by atoms with E-state index in [-0.39, 0.29) is 10.8 Å². The smallest absolute Gasteiger partial charge is 0.141 e. The average molecular weight is 391 g/mol. The Morgan fingerprint density at radius 1 is 1.15 bits per heavy atom. The fourth-order valence-corrected chi connectivity index (χ4v) is 3.84. The molecule has 0 aliphatic heterocycles. The van der Waals surface area contributed by atoms with Gasteiger partial charge in [-0.3, -0.25) is 0 Å². The molecular formula is C21H28ClFN4. The molecule has 27 heavy (non-hydrogen) atoms. The molecule has 1 aliphatic carbocycles. The Morgan fingerprint density at radius 3 is 2.52 bits per heavy atom. The Balaban J connectivity index is 1.47. The van der Waals surface area contributed by atoms with E-state index in [1.807, 2.05) is 6.20 Å². The highest BCUT2D eigenvalue weighted by molar-refractivity contribution is 6.30. The zero-order valence-corrected chi connectivity index (χ0v) is 17.0. The van der Waals surface area contributed by atoms with Gasteiger partial charge in [0.1, 0.15) is 11.6 Å². The van der Waals surface area contributed by atoms with E-state index in [0.29, 0.717) is 18.6 Å². The zero-order valence-electron chi connectivity index (χ0n) is 16.2.